The van der Waals surface area contributed by atoms with Gasteiger partial charge < -0.3 is 10.8 Å². The van der Waals surface area contributed by atoms with Crippen molar-refractivity contribution in [2.45, 2.75) is 31.8 Å². The second kappa shape index (κ2) is 3.61. The third kappa shape index (κ3) is 1.97. The van der Waals surface area contributed by atoms with Crippen LogP contribution in [0.25, 0.3) is 0 Å². The minimum Gasteiger partial charge on any atom is -0.388 e. The van der Waals surface area contributed by atoms with E-state index in [-0.39, 0.29) is 0 Å². The molecule has 2 rings (SSSR count). The van der Waals surface area contributed by atoms with Crippen molar-refractivity contribution in [1.29, 1.82) is 0 Å². The molecule has 1 fully saturated rings. The predicted molar refractivity (Wildman–Crippen MR) is 57.3 cm³/mol. The Morgan fingerprint density at radius 2 is 2.43 bits per heavy atom. The summed E-state index contributed by atoms with van der Waals surface area (Å²) in [6.07, 6.45) is 2.84. The van der Waals surface area contributed by atoms with Crippen LogP contribution in [0.4, 0.5) is 0 Å². The van der Waals surface area contributed by atoms with Gasteiger partial charge in [-0.05, 0) is 25.7 Å². The Hall–Kier alpha value is -0.450. The smallest absolute Gasteiger partial charge is 0.0957 e. The number of nitrogens with two attached hydrogens (primary N) is 1. The highest BCUT2D eigenvalue weighted by molar-refractivity contribution is 7.09. The van der Waals surface area contributed by atoms with Crippen LogP contribution in [0.3, 0.4) is 0 Å². The number of aryl methyl sites for hydroxylation is 1. The molecule has 3 N–H and O–H groups in total. The topological polar surface area (TPSA) is 59.1 Å². The number of thiazole rings is 1. The number of rotatable bonds is 4. The number of nitrogens with zero attached hydrogens (tertiary/aromatic N) is 1. The Kier molecular flexibility index (Phi) is 2.60. The van der Waals surface area contributed by atoms with Gasteiger partial charge in [-0.1, -0.05) is 0 Å². The lowest BCUT2D eigenvalue weighted by Gasteiger charge is -2.25. The van der Waals surface area contributed by atoms with Gasteiger partial charge in [-0.15, -0.1) is 11.3 Å². The van der Waals surface area contributed by atoms with Crippen molar-refractivity contribution >= 4 is 11.3 Å². The summed E-state index contributed by atoms with van der Waals surface area (Å²) >= 11 is 1.61. The molecule has 14 heavy (non-hydrogen) atoms. The van der Waals surface area contributed by atoms with Crippen molar-refractivity contribution < 1.29 is 5.11 Å². The molecule has 3 nitrogen and oxygen atoms in total. The molecule has 1 saturated carbocycles. The van der Waals surface area contributed by atoms with Gasteiger partial charge in [0, 0.05) is 24.0 Å². The minimum absolute atomic E-state index is 0.344. The van der Waals surface area contributed by atoms with Gasteiger partial charge in [0.25, 0.3) is 0 Å². The molecular weight excluding hydrogens is 196 g/mol. The maximum atomic E-state index is 10.3. The minimum atomic E-state index is -0.704. The lowest BCUT2D eigenvalue weighted by molar-refractivity contribution is 0.0266. The molecule has 0 radical (unpaired) electrons. The van der Waals surface area contributed by atoms with Crippen LogP contribution in [0.1, 0.15) is 23.5 Å². The van der Waals surface area contributed by atoms with Gasteiger partial charge >= 0.3 is 0 Å². The van der Waals surface area contributed by atoms with E-state index in [2.05, 4.69) is 4.98 Å². The van der Waals surface area contributed by atoms with E-state index in [4.69, 9.17) is 5.73 Å². The molecule has 1 atom stereocenters. The highest BCUT2D eigenvalue weighted by Gasteiger charge is 2.43. The van der Waals surface area contributed by atoms with Gasteiger partial charge in [0.1, 0.15) is 0 Å². The van der Waals surface area contributed by atoms with E-state index >= 15 is 0 Å². The molecule has 1 unspecified atom stereocenters. The van der Waals surface area contributed by atoms with Gasteiger partial charge in [0.05, 0.1) is 10.6 Å². The Morgan fingerprint density at radius 3 is 2.86 bits per heavy atom. The quantitative estimate of drug-likeness (QED) is 0.785. The van der Waals surface area contributed by atoms with Crippen molar-refractivity contribution in [1.82, 2.24) is 4.98 Å². The first-order valence-electron chi connectivity index (χ1n) is 4.97. The van der Waals surface area contributed by atoms with Crippen LogP contribution < -0.4 is 5.73 Å². The lowest BCUT2D eigenvalue weighted by Crippen LogP contribution is -2.42. The Morgan fingerprint density at radius 1 is 1.71 bits per heavy atom. The van der Waals surface area contributed by atoms with Crippen molar-refractivity contribution in [2.24, 2.45) is 11.7 Å². The van der Waals surface area contributed by atoms with Crippen LogP contribution in [0, 0.1) is 12.8 Å². The first-order chi connectivity index (χ1) is 6.64. The summed E-state index contributed by atoms with van der Waals surface area (Å²) in [6, 6.07) is 0. The van der Waals surface area contributed by atoms with Crippen LogP contribution in [-0.2, 0) is 6.42 Å². The zero-order valence-electron chi connectivity index (χ0n) is 8.36. The SMILES string of the molecule is Cc1csc(CC(O)(CN)C2CC2)n1. The number of hydrogen-bond acceptors (Lipinski definition) is 4. The predicted octanol–water partition coefficient (Wildman–Crippen LogP) is 1.09. The highest BCUT2D eigenvalue weighted by Crippen LogP contribution is 2.41. The maximum absolute atomic E-state index is 10.3. The Bertz CT molecular complexity index is 322. The van der Waals surface area contributed by atoms with E-state index in [9.17, 15) is 5.11 Å². The molecule has 78 valence electrons. The molecular formula is C10H16N2OS. The zero-order chi connectivity index (χ0) is 10.2. The van der Waals surface area contributed by atoms with E-state index in [1.807, 2.05) is 12.3 Å². The van der Waals surface area contributed by atoms with Gasteiger partial charge in [0.2, 0.25) is 0 Å². The van der Waals surface area contributed by atoms with Crippen molar-refractivity contribution in [2.75, 3.05) is 6.54 Å². The summed E-state index contributed by atoms with van der Waals surface area (Å²) in [7, 11) is 0. The molecule has 0 amide bonds. The lowest BCUT2D eigenvalue weighted by atomic mass is 9.94. The van der Waals surface area contributed by atoms with Gasteiger partial charge in [-0.25, -0.2) is 4.98 Å². The molecule has 0 saturated heterocycles. The first-order valence-corrected chi connectivity index (χ1v) is 5.85. The van der Waals surface area contributed by atoms with Crippen molar-refractivity contribution in [3.63, 3.8) is 0 Å². The summed E-state index contributed by atoms with van der Waals surface area (Å²) in [5, 5.41) is 13.3. The molecule has 4 heteroatoms. The van der Waals surface area contributed by atoms with Crippen LogP contribution in [0.15, 0.2) is 5.38 Å². The van der Waals surface area contributed by atoms with Gasteiger partial charge in [0.15, 0.2) is 0 Å². The normalized spacial score (nSPS) is 20.8. The van der Waals surface area contributed by atoms with E-state index in [0.717, 1.165) is 23.5 Å². The second-order valence-electron chi connectivity index (χ2n) is 4.14. The van der Waals surface area contributed by atoms with E-state index in [1.54, 1.807) is 11.3 Å². The number of aromatic nitrogens is 1. The molecule has 0 bridgehead atoms. The van der Waals surface area contributed by atoms with E-state index < -0.39 is 5.60 Å². The highest BCUT2D eigenvalue weighted by atomic mass is 32.1. The second-order valence-corrected chi connectivity index (χ2v) is 5.08. The molecule has 1 aliphatic carbocycles. The third-order valence-electron chi connectivity index (χ3n) is 2.81. The summed E-state index contributed by atoms with van der Waals surface area (Å²) in [5.41, 5.74) is 5.95. The Labute approximate surface area is 88.0 Å². The average molecular weight is 212 g/mol. The van der Waals surface area contributed by atoms with E-state index in [1.165, 1.54) is 0 Å². The zero-order valence-corrected chi connectivity index (χ0v) is 9.18. The van der Waals surface area contributed by atoms with Gasteiger partial charge in [-0.3, -0.25) is 0 Å². The molecule has 1 aromatic rings. The van der Waals surface area contributed by atoms with Crippen molar-refractivity contribution in [3.05, 3.63) is 16.1 Å². The fraction of sp³-hybridized carbons (Fsp3) is 0.700. The average Bonchev–Trinajstić information content (AvgIpc) is 2.93. The number of aliphatic hydroxyl groups is 1. The monoisotopic (exact) mass is 212 g/mol. The molecule has 0 aliphatic heterocycles. The standard InChI is InChI=1S/C10H16N2OS/c1-7-5-14-9(12-7)4-10(13,6-11)8-2-3-8/h5,8,13H,2-4,6,11H2,1H3. The molecule has 1 heterocycles. The summed E-state index contributed by atoms with van der Waals surface area (Å²) in [6.45, 7) is 2.31. The maximum Gasteiger partial charge on any atom is 0.0957 e. The van der Waals surface area contributed by atoms with Crippen LogP contribution >= 0.6 is 11.3 Å². The van der Waals surface area contributed by atoms with Crippen LogP contribution in [-0.4, -0.2) is 22.2 Å². The third-order valence-corrected chi connectivity index (χ3v) is 3.78. The summed E-state index contributed by atoms with van der Waals surface area (Å²) in [4.78, 5) is 4.36. The molecule has 0 aromatic carbocycles. The van der Waals surface area contributed by atoms with Gasteiger partial charge in [-0.2, -0.15) is 0 Å². The van der Waals surface area contributed by atoms with Crippen LogP contribution in [0.2, 0.25) is 0 Å². The summed E-state index contributed by atoms with van der Waals surface area (Å²) < 4.78 is 0. The first kappa shape index (κ1) is 10.1. The molecule has 1 aliphatic rings. The van der Waals surface area contributed by atoms with Crippen LogP contribution in [0.5, 0.6) is 0 Å². The fourth-order valence-corrected chi connectivity index (χ4v) is 2.64. The number of hydrogen-bond donors (Lipinski definition) is 2. The van der Waals surface area contributed by atoms with Crippen molar-refractivity contribution in [3.8, 4) is 0 Å². The largest absolute Gasteiger partial charge is 0.388 e. The molecule has 1 aromatic heterocycles. The Balaban J connectivity index is 2.07. The van der Waals surface area contributed by atoms with E-state index in [0.29, 0.717) is 18.9 Å². The summed E-state index contributed by atoms with van der Waals surface area (Å²) in [5.74, 6) is 0.400. The molecule has 0 spiro atoms. The fourth-order valence-electron chi connectivity index (χ4n) is 1.75.